The molecule has 0 aliphatic rings. The molecule has 0 saturated carbocycles. The number of ether oxygens (including phenoxy) is 1. The van der Waals surface area contributed by atoms with Crippen LogP contribution in [-0.4, -0.2) is 45.9 Å². The fourth-order valence-electron chi connectivity index (χ4n) is 1.96. The molecule has 0 saturated heterocycles. The highest BCUT2D eigenvalue weighted by Gasteiger charge is 2.11. The van der Waals surface area contributed by atoms with E-state index < -0.39 is 6.10 Å². The van der Waals surface area contributed by atoms with E-state index in [2.05, 4.69) is 4.98 Å². The van der Waals surface area contributed by atoms with Crippen molar-refractivity contribution in [2.45, 2.75) is 19.3 Å². The van der Waals surface area contributed by atoms with Crippen LogP contribution in [0.4, 0.5) is 0 Å². The van der Waals surface area contributed by atoms with Crippen molar-refractivity contribution in [3.63, 3.8) is 0 Å². The van der Waals surface area contributed by atoms with Crippen molar-refractivity contribution in [2.24, 2.45) is 7.05 Å². The highest BCUT2D eigenvalue weighted by atomic mass is 32.1. The summed E-state index contributed by atoms with van der Waals surface area (Å²) in [6, 6.07) is 4.03. The molecule has 20 heavy (non-hydrogen) atoms. The predicted octanol–water partition coefficient (Wildman–Crippen LogP) is 1.49. The Labute approximate surface area is 123 Å². The molecule has 0 amide bonds. The molecule has 5 nitrogen and oxygen atoms in total. The van der Waals surface area contributed by atoms with Crippen LogP contribution in [0.25, 0.3) is 0 Å². The van der Waals surface area contributed by atoms with Crippen molar-refractivity contribution < 1.29 is 9.84 Å². The first-order valence-corrected chi connectivity index (χ1v) is 7.46. The Bertz CT molecular complexity index is 498. The molecular weight excluding hydrogens is 274 g/mol. The van der Waals surface area contributed by atoms with Crippen LogP contribution in [0, 0.1) is 0 Å². The molecule has 2 heterocycles. The van der Waals surface area contributed by atoms with Crippen molar-refractivity contribution in [2.75, 3.05) is 20.2 Å². The van der Waals surface area contributed by atoms with Gasteiger partial charge >= 0.3 is 0 Å². The lowest BCUT2D eigenvalue weighted by molar-refractivity contribution is 0.0131. The van der Waals surface area contributed by atoms with Crippen LogP contribution in [0.2, 0.25) is 0 Å². The summed E-state index contributed by atoms with van der Waals surface area (Å²) in [6.45, 7) is 2.20. The molecule has 0 radical (unpaired) electrons. The summed E-state index contributed by atoms with van der Waals surface area (Å²) in [6.07, 6.45) is 3.22. The Morgan fingerprint density at radius 2 is 2.40 bits per heavy atom. The summed E-state index contributed by atoms with van der Waals surface area (Å²) in [4.78, 5) is 7.49. The van der Waals surface area contributed by atoms with Gasteiger partial charge in [0.25, 0.3) is 0 Å². The molecule has 1 atom stereocenters. The molecule has 2 aromatic rings. The minimum absolute atomic E-state index is 0.350. The topological polar surface area (TPSA) is 50.5 Å². The number of aliphatic hydroxyl groups excluding tert-OH is 1. The van der Waals surface area contributed by atoms with Crippen LogP contribution < -0.4 is 0 Å². The molecule has 110 valence electrons. The van der Waals surface area contributed by atoms with E-state index in [1.807, 2.05) is 47.3 Å². The molecule has 0 fully saturated rings. The maximum Gasteiger partial charge on any atom is 0.122 e. The molecule has 0 bridgehead atoms. The number of rotatable bonds is 8. The van der Waals surface area contributed by atoms with Crippen LogP contribution in [0.1, 0.15) is 10.7 Å². The smallest absolute Gasteiger partial charge is 0.122 e. The van der Waals surface area contributed by atoms with E-state index in [4.69, 9.17) is 4.74 Å². The quantitative estimate of drug-likeness (QED) is 0.802. The summed E-state index contributed by atoms with van der Waals surface area (Å²) >= 11 is 1.66. The minimum atomic E-state index is -0.486. The zero-order chi connectivity index (χ0) is 14.4. The Kier molecular flexibility index (Phi) is 5.72. The van der Waals surface area contributed by atoms with Gasteiger partial charge in [-0.25, -0.2) is 4.98 Å². The molecular formula is C14H21N3O2S. The summed E-state index contributed by atoms with van der Waals surface area (Å²) in [7, 11) is 3.94. The molecule has 0 aliphatic heterocycles. The van der Waals surface area contributed by atoms with Crippen LogP contribution in [-0.2, 0) is 24.9 Å². The molecule has 1 unspecified atom stereocenters. The average molecular weight is 295 g/mol. The largest absolute Gasteiger partial charge is 0.389 e. The fraction of sp³-hybridized carbons (Fsp3) is 0.500. The third kappa shape index (κ3) is 4.72. The van der Waals surface area contributed by atoms with E-state index in [1.165, 1.54) is 4.88 Å². The standard InChI is InChI=1S/C14H21N3O2S/c1-16(9-14-15-5-6-17(14)2)8-12(18)10-19-11-13-4-3-7-20-13/h3-7,12,18H,8-11H2,1-2H3. The van der Waals surface area contributed by atoms with E-state index in [1.54, 1.807) is 17.5 Å². The number of aromatic nitrogens is 2. The minimum Gasteiger partial charge on any atom is -0.389 e. The molecule has 1 N–H and O–H groups in total. The summed E-state index contributed by atoms with van der Waals surface area (Å²) in [5.41, 5.74) is 0. The Morgan fingerprint density at radius 3 is 3.05 bits per heavy atom. The van der Waals surface area contributed by atoms with Gasteiger partial charge in [0.15, 0.2) is 0 Å². The van der Waals surface area contributed by atoms with E-state index >= 15 is 0 Å². The van der Waals surface area contributed by atoms with Gasteiger partial charge in [0.1, 0.15) is 5.82 Å². The van der Waals surface area contributed by atoms with Crippen molar-refractivity contribution in [1.82, 2.24) is 14.5 Å². The lowest BCUT2D eigenvalue weighted by atomic mass is 10.3. The number of aliphatic hydroxyl groups is 1. The number of nitrogens with zero attached hydrogens (tertiary/aromatic N) is 3. The van der Waals surface area contributed by atoms with Gasteiger partial charge in [-0.15, -0.1) is 11.3 Å². The monoisotopic (exact) mass is 295 g/mol. The maximum absolute atomic E-state index is 9.96. The zero-order valence-electron chi connectivity index (χ0n) is 11.9. The molecule has 6 heteroatoms. The normalized spacial score (nSPS) is 13.0. The Hall–Kier alpha value is -1.21. The van der Waals surface area contributed by atoms with Crippen LogP contribution >= 0.6 is 11.3 Å². The van der Waals surface area contributed by atoms with Gasteiger partial charge in [0.2, 0.25) is 0 Å². The van der Waals surface area contributed by atoms with Crippen LogP contribution in [0.3, 0.4) is 0 Å². The zero-order valence-corrected chi connectivity index (χ0v) is 12.7. The Balaban J connectivity index is 1.66. The second kappa shape index (κ2) is 7.54. The average Bonchev–Trinajstić information content (AvgIpc) is 3.02. The number of aryl methyl sites for hydroxylation is 1. The van der Waals surface area contributed by atoms with E-state index in [0.717, 1.165) is 5.82 Å². The first-order chi connectivity index (χ1) is 9.65. The number of thiophene rings is 1. The van der Waals surface area contributed by atoms with E-state index in [9.17, 15) is 5.11 Å². The van der Waals surface area contributed by atoms with Gasteiger partial charge < -0.3 is 14.4 Å². The molecule has 2 rings (SSSR count). The van der Waals surface area contributed by atoms with Crippen molar-refractivity contribution in [1.29, 1.82) is 0 Å². The van der Waals surface area contributed by atoms with E-state index in [0.29, 0.717) is 26.3 Å². The second-order valence-electron chi connectivity index (χ2n) is 4.90. The highest BCUT2D eigenvalue weighted by Crippen LogP contribution is 2.09. The number of imidazole rings is 1. The number of hydrogen-bond acceptors (Lipinski definition) is 5. The lowest BCUT2D eigenvalue weighted by Gasteiger charge is -2.20. The van der Waals surface area contributed by atoms with Gasteiger partial charge in [-0.3, -0.25) is 4.90 Å². The first-order valence-electron chi connectivity index (χ1n) is 6.58. The number of likely N-dealkylation sites (N-methyl/N-ethyl adjacent to an activating group) is 1. The highest BCUT2D eigenvalue weighted by molar-refractivity contribution is 7.09. The van der Waals surface area contributed by atoms with Gasteiger partial charge in [0.05, 0.1) is 25.9 Å². The summed E-state index contributed by atoms with van der Waals surface area (Å²) in [5.74, 6) is 0.985. The van der Waals surface area contributed by atoms with Crippen molar-refractivity contribution in [3.05, 3.63) is 40.6 Å². The van der Waals surface area contributed by atoms with Crippen LogP contribution in [0.15, 0.2) is 29.9 Å². The van der Waals surface area contributed by atoms with Gasteiger partial charge in [0, 0.05) is 30.9 Å². The van der Waals surface area contributed by atoms with Crippen LogP contribution in [0.5, 0.6) is 0 Å². The molecule has 0 spiro atoms. The van der Waals surface area contributed by atoms with Gasteiger partial charge in [-0.1, -0.05) is 6.07 Å². The van der Waals surface area contributed by atoms with Crippen molar-refractivity contribution >= 4 is 11.3 Å². The third-order valence-corrected chi connectivity index (χ3v) is 3.84. The summed E-state index contributed by atoms with van der Waals surface area (Å²) in [5, 5.41) is 12.0. The van der Waals surface area contributed by atoms with E-state index in [-0.39, 0.29) is 0 Å². The SMILES string of the molecule is CN(Cc1nccn1C)CC(O)COCc1cccs1. The first kappa shape index (κ1) is 15.2. The fourth-order valence-corrected chi connectivity index (χ4v) is 2.60. The predicted molar refractivity (Wildman–Crippen MR) is 79.5 cm³/mol. The molecule has 0 aromatic carbocycles. The maximum atomic E-state index is 9.96. The Morgan fingerprint density at radius 1 is 1.55 bits per heavy atom. The van der Waals surface area contributed by atoms with Gasteiger partial charge in [-0.2, -0.15) is 0 Å². The van der Waals surface area contributed by atoms with Crippen molar-refractivity contribution in [3.8, 4) is 0 Å². The third-order valence-electron chi connectivity index (χ3n) is 2.99. The second-order valence-corrected chi connectivity index (χ2v) is 5.93. The summed E-state index contributed by atoms with van der Waals surface area (Å²) < 4.78 is 7.49. The van der Waals surface area contributed by atoms with Gasteiger partial charge in [-0.05, 0) is 18.5 Å². The molecule has 0 aliphatic carbocycles. The number of hydrogen-bond donors (Lipinski definition) is 1. The molecule has 2 aromatic heterocycles. The lowest BCUT2D eigenvalue weighted by Crippen LogP contribution is -2.32.